The molecule has 0 aliphatic carbocycles. The van der Waals surface area contributed by atoms with Crippen molar-refractivity contribution in [3.63, 3.8) is 0 Å². The van der Waals surface area contributed by atoms with E-state index in [1.807, 2.05) is 0 Å². The highest BCUT2D eigenvalue weighted by Gasteiger charge is 2.28. The van der Waals surface area contributed by atoms with Gasteiger partial charge in [0.25, 0.3) is 0 Å². The van der Waals surface area contributed by atoms with Gasteiger partial charge in [-0.15, -0.1) is 0 Å². The summed E-state index contributed by atoms with van der Waals surface area (Å²) in [6.45, 7) is 5.76. The molecule has 1 aromatic rings. The molecule has 0 aliphatic heterocycles. The fraction of sp³-hybridized carbons (Fsp3) is 0.788. The second kappa shape index (κ2) is 28.4. The Morgan fingerprint density at radius 1 is 0.422 bits per heavy atom. The van der Waals surface area contributed by atoms with E-state index in [1.54, 1.807) is 0 Å². The lowest BCUT2D eigenvalue weighted by molar-refractivity contribution is -0.136. The third-order valence-corrected chi connectivity index (χ3v) is 6.97. The number of esters is 1. The summed E-state index contributed by atoms with van der Waals surface area (Å²) >= 11 is 0. The minimum atomic E-state index is -2.34. The molecule has 1 aromatic carbocycles. The smallest absolute Gasteiger partial charge is 0.313 e. The maximum Gasteiger partial charge on any atom is 0.313 e. The lowest BCUT2D eigenvalue weighted by Gasteiger charge is -2.09. The van der Waals surface area contributed by atoms with Crippen LogP contribution >= 0.6 is 0 Å². The molecular weight excluding hydrogens is 603 g/mol. The predicted molar refractivity (Wildman–Crippen MR) is 161 cm³/mol. The van der Waals surface area contributed by atoms with Crippen LogP contribution in [-0.2, 0) is 28.5 Å². The third-order valence-electron chi connectivity index (χ3n) is 6.97. The minimum Gasteiger partial charge on any atom is -0.420 e. The maximum absolute atomic E-state index is 13.5. The zero-order valence-electron chi connectivity index (χ0n) is 26.9. The molecule has 0 spiro atoms. The summed E-state index contributed by atoms with van der Waals surface area (Å²) < 4.78 is 97.6. The zero-order valence-corrected chi connectivity index (χ0v) is 26.9. The average Bonchev–Trinajstić information content (AvgIpc) is 3.04. The van der Waals surface area contributed by atoms with E-state index in [0.29, 0.717) is 39.6 Å². The Kier molecular flexibility index (Phi) is 26.0. The summed E-state index contributed by atoms with van der Waals surface area (Å²) in [5, 5.41) is 0. The fourth-order valence-corrected chi connectivity index (χ4v) is 4.38. The first-order valence-corrected chi connectivity index (χ1v) is 16.5. The molecule has 0 amide bonds. The van der Waals surface area contributed by atoms with Gasteiger partial charge in [0.05, 0.1) is 65.9 Å². The minimum absolute atomic E-state index is 0.109. The number of rotatable bonds is 31. The number of ether oxygens (including phenoxy) is 6. The van der Waals surface area contributed by atoms with Gasteiger partial charge >= 0.3 is 5.97 Å². The summed E-state index contributed by atoms with van der Waals surface area (Å²) in [6, 6.07) is 0. The standard InChI is InChI=1S/C33H53F5O7/c1-2-3-4-5-6-7-8-9-10-11-12-13-14-15-17-40-19-21-42-23-25-44-26-24-43-22-20-41-18-16-27(39)45-33-31(37)29(35)28(34)30(36)32(33)38/h2-26H2,1H3. The van der Waals surface area contributed by atoms with Crippen LogP contribution in [0.25, 0.3) is 0 Å². The van der Waals surface area contributed by atoms with Crippen LogP contribution < -0.4 is 4.74 Å². The van der Waals surface area contributed by atoms with Gasteiger partial charge in [0.2, 0.25) is 34.8 Å². The Labute approximate surface area is 265 Å². The van der Waals surface area contributed by atoms with E-state index in [0.717, 1.165) is 13.0 Å². The molecule has 0 heterocycles. The van der Waals surface area contributed by atoms with Crippen LogP contribution in [0.1, 0.15) is 103 Å². The number of carbonyl (C=O) groups excluding carboxylic acids is 1. The van der Waals surface area contributed by atoms with Gasteiger partial charge in [-0.05, 0) is 6.42 Å². The molecule has 0 saturated heterocycles. The van der Waals surface area contributed by atoms with E-state index < -0.39 is 47.2 Å². The van der Waals surface area contributed by atoms with Gasteiger partial charge < -0.3 is 28.4 Å². The maximum atomic E-state index is 13.5. The van der Waals surface area contributed by atoms with Crippen molar-refractivity contribution in [1.29, 1.82) is 0 Å². The van der Waals surface area contributed by atoms with Crippen molar-refractivity contribution in [3.05, 3.63) is 29.1 Å². The van der Waals surface area contributed by atoms with E-state index in [9.17, 15) is 26.7 Å². The molecule has 0 saturated carbocycles. The Balaban J connectivity index is 1.78. The molecule has 0 N–H and O–H groups in total. The summed E-state index contributed by atoms with van der Waals surface area (Å²) in [4.78, 5) is 11.6. The quantitative estimate of drug-likeness (QED) is 0.0199. The monoisotopic (exact) mass is 656 g/mol. The largest absolute Gasteiger partial charge is 0.420 e. The summed E-state index contributed by atoms with van der Waals surface area (Å²) in [5.41, 5.74) is 0. The molecule has 262 valence electrons. The Bertz CT molecular complexity index is 862. The van der Waals surface area contributed by atoms with Gasteiger partial charge in [-0.1, -0.05) is 90.4 Å². The summed E-state index contributed by atoms with van der Waals surface area (Å²) in [6.07, 6.45) is 18.2. The molecule has 0 aromatic heterocycles. The number of hydrogen-bond donors (Lipinski definition) is 0. The number of benzene rings is 1. The molecule has 0 aliphatic rings. The van der Waals surface area contributed by atoms with Crippen molar-refractivity contribution in [2.24, 2.45) is 0 Å². The van der Waals surface area contributed by atoms with Crippen molar-refractivity contribution in [2.75, 3.05) is 66.1 Å². The number of halogens is 5. The molecule has 0 radical (unpaired) electrons. The van der Waals surface area contributed by atoms with Crippen LogP contribution in [-0.4, -0.2) is 72.0 Å². The highest BCUT2D eigenvalue weighted by Crippen LogP contribution is 2.29. The van der Waals surface area contributed by atoms with Crippen LogP contribution in [0.5, 0.6) is 5.75 Å². The van der Waals surface area contributed by atoms with Gasteiger partial charge in [-0.2, -0.15) is 8.78 Å². The third kappa shape index (κ3) is 20.8. The first kappa shape index (κ1) is 41.2. The van der Waals surface area contributed by atoms with Gasteiger partial charge in [0.15, 0.2) is 0 Å². The molecule has 0 fully saturated rings. The molecular formula is C33H53F5O7. The van der Waals surface area contributed by atoms with E-state index >= 15 is 0 Å². The zero-order chi connectivity index (χ0) is 33.0. The van der Waals surface area contributed by atoms with E-state index in [4.69, 9.17) is 23.7 Å². The molecule has 7 nitrogen and oxygen atoms in total. The molecule has 1 rings (SSSR count). The highest BCUT2D eigenvalue weighted by atomic mass is 19.2. The van der Waals surface area contributed by atoms with Crippen LogP contribution in [0.3, 0.4) is 0 Å². The van der Waals surface area contributed by atoms with E-state index in [2.05, 4.69) is 11.7 Å². The second-order valence-corrected chi connectivity index (χ2v) is 10.8. The van der Waals surface area contributed by atoms with Gasteiger partial charge in [-0.3, -0.25) is 4.79 Å². The van der Waals surface area contributed by atoms with Crippen molar-refractivity contribution in [3.8, 4) is 5.75 Å². The fourth-order valence-electron chi connectivity index (χ4n) is 4.38. The topological polar surface area (TPSA) is 72.5 Å². The molecule has 12 heteroatoms. The van der Waals surface area contributed by atoms with Crippen LogP contribution in [0.4, 0.5) is 22.0 Å². The number of carbonyl (C=O) groups is 1. The lowest BCUT2D eigenvalue weighted by Crippen LogP contribution is -2.16. The van der Waals surface area contributed by atoms with Gasteiger partial charge in [0, 0.05) is 6.61 Å². The van der Waals surface area contributed by atoms with E-state index in [1.165, 1.54) is 83.5 Å². The van der Waals surface area contributed by atoms with Gasteiger partial charge in [-0.25, -0.2) is 13.2 Å². The Morgan fingerprint density at radius 3 is 1.13 bits per heavy atom. The normalized spacial score (nSPS) is 11.4. The van der Waals surface area contributed by atoms with Crippen LogP contribution in [0.15, 0.2) is 0 Å². The lowest BCUT2D eigenvalue weighted by atomic mass is 10.0. The van der Waals surface area contributed by atoms with Crippen molar-refractivity contribution < 1.29 is 55.2 Å². The van der Waals surface area contributed by atoms with Crippen molar-refractivity contribution in [1.82, 2.24) is 0 Å². The predicted octanol–water partition coefficient (Wildman–Crippen LogP) is 8.24. The first-order chi connectivity index (χ1) is 21.9. The molecule has 0 atom stereocenters. The molecule has 0 unspecified atom stereocenters. The van der Waals surface area contributed by atoms with Crippen molar-refractivity contribution >= 4 is 5.97 Å². The number of hydrogen-bond acceptors (Lipinski definition) is 7. The summed E-state index contributed by atoms with van der Waals surface area (Å²) in [5.74, 6) is -14.0. The second-order valence-electron chi connectivity index (χ2n) is 10.8. The SMILES string of the molecule is CCCCCCCCCCCCCCCCOCCOCCOCCOCCOCCC(=O)Oc1c(F)c(F)c(F)c(F)c1F. The van der Waals surface area contributed by atoms with Crippen LogP contribution in [0.2, 0.25) is 0 Å². The van der Waals surface area contributed by atoms with E-state index in [-0.39, 0.29) is 19.8 Å². The summed E-state index contributed by atoms with van der Waals surface area (Å²) in [7, 11) is 0. The average molecular weight is 657 g/mol. The van der Waals surface area contributed by atoms with Crippen molar-refractivity contribution in [2.45, 2.75) is 103 Å². The molecule has 45 heavy (non-hydrogen) atoms. The molecule has 0 bridgehead atoms. The highest BCUT2D eigenvalue weighted by molar-refractivity contribution is 5.72. The first-order valence-electron chi connectivity index (χ1n) is 16.5. The van der Waals surface area contributed by atoms with Gasteiger partial charge in [0.1, 0.15) is 0 Å². The van der Waals surface area contributed by atoms with Crippen LogP contribution in [0, 0.1) is 29.1 Å². The number of unbranched alkanes of at least 4 members (excludes halogenated alkanes) is 13. The Morgan fingerprint density at radius 2 is 0.733 bits per heavy atom. The Hall–Kier alpha value is -1.86.